The summed E-state index contributed by atoms with van der Waals surface area (Å²) < 4.78 is 2.04. The van der Waals surface area contributed by atoms with Crippen molar-refractivity contribution >= 4 is 21.9 Å². The zero-order valence-corrected chi connectivity index (χ0v) is 8.27. The number of aryl methyl sites for hydroxylation is 1. The van der Waals surface area contributed by atoms with Crippen molar-refractivity contribution in [1.29, 1.82) is 0 Å². The van der Waals surface area contributed by atoms with Crippen LogP contribution in [0.5, 0.6) is 0 Å². The van der Waals surface area contributed by atoms with Crippen molar-refractivity contribution in [3.63, 3.8) is 0 Å². The van der Waals surface area contributed by atoms with E-state index in [9.17, 15) is 0 Å². The van der Waals surface area contributed by atoms with Gasteiger partial charge >= 0.3 is 0 Å². The van der Waals surface area contributed by atoms with E-state index in [1.807, 2.05) is 22.9 Å². The van der Waals surface area contributed by atoms with Gasteiger partial charge in [0.05, 0.1) is 11.4 Å². The fourth-order valence-corrected chi connectivity index (χ4v) is 2.18. The molecule has 2 aromatic heterocycles. The molecule has 0 amide bonds. The minimum atomic E-state index is 0.477. The molecule has 0 aliphatic heterocycles. The Labute approximate surface area is 80.5 Å². The van der Waals surface area contributed by atoms with Gasteiger partial charge in [0.1, 0.15) is 0 Å². The summed E-state index contributed by atoms with van der Waals surface area (Å²) in [6.45, 7) is 6.38. The number of hydrogen-bond acceptors (Lipinski definition) is 3. The second kappa shape index (κ2) is 2.97. The van der Waals surface area contributed by atoms with Gasteiger partial charge in [0.2, 0.25) is 0 Å². The molecule has 0 atom stereocenters. The molecule has 68 valence electrons. The van der Waals surface area contributed by atoms with E-state index < -0.39 is 0 Å². The third-order valence-electron chi connectivity index (χ3n) is 2.02. The Morgan fingerprint density at radius 1 is 1.77 bits per heavy atom. The molecule has 2 rings (SSSR count). The second-order valence-corrected chi connectivity index (χ2v) is 3.78. The minimum absolute atomic E-state index is 0.477. The Hall–Kier alpha value is -1.13. The highest BCUT2D eigenvalue weighted by Crippen LogP contribution is 2.21. The van der Waals surface area contributed by atoms with Gasteiger partial charge in [-0.3, -0.25) is 4.40 Å². The van der Waals surface area contributed by atoms with E-state index in [0.717, 1.165) is 21.9 Å². The molecule has 0 aliphatic rings. The standard InChI is InChI=1S/C9H11N3S/c1-6(5-10)8-7(2)11-9-12(8)3-4-13-9/h3-4H,1,5,10H2,2H3. The largest absolute Gasteiger partial charge is 0.326 e. The number of rotatable bonds is 2. The summed E-state index contributed by atoms with van der Waals surface area (Å²) >= 11 is 1.62. The molecule has 4 heteroatoms. The monoisotopic (exact) mass is 193 g/mol. The van der Waals surface area contributed by atoms with Gasteiger partial charge in [0, 0.05) is 18.1 Å². The van der Waals surface area contributed by atoms with Gasteiger partial charge in [-0.25, -0.2) is 4.98 Å². The number of nitrogens with two attached hydrogens (primary N) is 1. The van der Waals surface area contributed by atoms with Crippen molar-refractivity contribution in [1.82, 2.24) is 9.38 Å². The molecule has 2 N–H and O–H groups in total. The fourth-order valence-electron chi connectivity index (χ4n) is 1.42. The zero-order chi connectivity index (χ0) is 9.42. The Morgan fingerprint density at radius 3 is 3.23 bits per heavy atom. The lowest BCUT2D eigenvalue weighted by Gasteiger charge is -2.01. The van der Waals surface area contributed by atoms with Crippen LogP contribution in [0.1, 0.15) is 11.4 Å². The minimum Gasteiger partial charge on any atom is -0.326 e. The lowest BCUT2D eigenvalue weighted by atomic mass is 10.2. The summed E-state index contributed by atoms with van der Waals surface area (Å²) in [6, 6.07) is 0. The lowest BCUT2D eigenvalue weighted by Crippen LogP contribution is -2.03. The summed E-state index contributed by atoms with van der Waals surface area (Å²) in [6.07, 6.45) is 2.00. The third-order valence-corrected chi connectivity index (χ3v) is 2.77. The van der Waals surface area contributed by atoms with E-state index in [1.165, 1.54) is 0 Å². The maximum atomic E-state index is 5.55. The van der Waals surface area contributed by atoms with E-state index in [2.05, 4.69) is 11.6 Å². The van der Waals surface area contributed by atoms with Crippen LogP contribution in [0, 0.1) is 6.92 Å². The Bertz CT molecular complexity index is 452. The Balaban J connectivity index is 2.70. The van der Waals surface area contributed by atoms with E-state index in [0.29, 0.717) is 6.54 Å². The molecule has 0 bridgehead atoms. The highest BCUT2D eigenvalue weighted by atomic mass is 32.1. The van der Waals surface area contributed by atoms with Crippen LogP contribution in [0.2, 0.25) is 0 Å². The quantitative estimate of drug-likeness (QED) is 0.788. The average Bonchev–Trinajstić information content (AvgIpc) is 2.62. The molecule has 0 aromatic carbocycles. The molecule has 0 spiro atoms. The summed E-state index contributed by atoms with van der Waals surface area (Å²) in [5.41, 5.74) is 8.54. The predicted molar refractivity (Wildman–Crippen MR) is 55.9 cm³/mol. The summed E-state index contributed by atoms with van der Waals surface area (Å²) in [5, 5.41) is 2.01. The molecular formula is C9H11N3S. The first-order valence-electron chi connectivity index (χ1n) is 4.04. The van der Waals surface area contributed by atoms with Crippen LogP contribution < -0.4 is 5.73 Å². The summed E-state index contributed by atoms with van der Waals surface area (Å²) in [7, 11) is 0. The van der Waals surface area contributed by atoms with Gasteiger partial charge in [0.15, 0.2) is 4.96 Å². The number of aromatic nitrogens is 2. The van der Waals surface area contributed by atoms with Crippen molar-refractivity contribution in [3.05, 3.63) is 29.5 Å². The molecule has 2 aromatic rings. The molecule has 0 aliphatic carbocycles. The second-order valence-electron chi connectivity index (χ2n) is 2.91. The van der Waals surface area contributed by atoms with Gasteiger partial charge in [-0.1, -0.05) is 6.58 Å². The Kier molecular flexibility index (Phi) is 1.94. The smallest absolute Gasteiger partial charge is 0.194 e. The first kappa shape index (κ1) is 8.47. The first-order chi connectivity index (χ1) is 6.24. The average molecular weight is 193 g/mol. The summed E-state index contributed by atoms with van der Waals surface area (Å²) in [5.74, 6) is 0. The highest BCUT2D eigenvalue weighted by Gasteiger charge is 2.10. The van der Waals surface area contributed by atoms with Crippen LogP contribution in [-0.2, 0) is 0 Å². The highest BCUT2D eigenvalue weighted by molar-refractivity contribution is 7.15. The molecule has 2 heterocycles. The van der Waals surface area contributed by atoms with Crippen LogP contribution in [0.3, 0.4) is 0 Å². The molecule has 0 saturated heterocycles. The van der Waals surface area contributed by atoms with E-state index in [4.69, 9.17) is 5.73 Å². The molecule has 0 fully saturated rings. The molecule has 0 saturated carbocycles. The Morgan fingerprint density at radius 2 is 2.54 bits per heavy atom. The van der Waals surface area contributed by atoms with Crippen LogP contribution in [0.4, 0.5) is 0 Å². The maximum Gasteiger partial charge on any atom is 0.194 e. The zero-order valence-electron chi connectivity index (χ0n) is 7.45. The molecule has 3 nitrogen and oxygen atoms in total. The van der Waals surface area contributed by atoms with Gasteiger partial charge < -0.3 is 5.73 Å². The summed E-state index contributed by atoms with van der Waals surface area (Å²) in [4.78, 5) is 5.41. The normalized spacial score (nSPS) is 10.9. The first-order valence-corrected chi connectivity index (χ1v) is 4.92. The van der Waals surface area contributed by atoms with E-state index in [1.54, 1.807) is 11.3 Å². The van der Waals surface area contributed by atoms with Gasteiger partial charge in [-0.2, -0.15) is 0 Å². The molecule has 13 heavy (non-hydrogen) atoms. The topological polar surface area (TPSA) is 43.3 Å². The number of fused-ring (bicyclic) bond motifs is 1. The van der Waals surface area contributed by atoms with Gasteiger partial charge in [-0.05, 0) is 12.5 Å². The predicted octanol–water partition coefficient (Wildman–Crippen LogP) is 1.68. The van der Waals surface area contributed by atoms with Gasteiger partial charge in [0.25, 0.3) is 0 Å². The van der Waals surface area contributed by atoms with Gasteiger partial charge in [-0.15, -0.1) is 11.3 Å². The molecular weight excluding hydrogens is 182 g/mol. The van der Waals surface area contributed by atoms with E-state index in [-0.39, 0.29) is 0 Å². The van der Waals surface area contributed by atoms with Crippen molar-refractivity contribution in [2.75, 3.05) is 6.54 Å². The van der Waals surface area contributed by atoms with Crippen molar-refractivity contribution in [2.45, 2.75) is 6.92 Å². The van der Waals surface area contributed by atoms with Crippen LogP contribution >= 0.6 is 11.3 Å². The van der Waals surface area contributed by atoms with Crippen molar-refractivity contribution in [3.8, 4) is 0 Å². The SMILES string of the molecule is C=C(CN)c1c(C)nc2sccn12. The van der Waals surface area contributed by atoms with E-state index >= 15 is 0 Å². The van der Waals surface area contributed by atoms with Crippen LogP contribution in [0.25, 0.3) is 10.5 Å². The van der Waals surface area contributed by atoms with Crippen LogP contribution in [-0.4, -0.2) is 15.9 Å². The van der Waals surface area contributed by atoms with Crippen LogP contribution in [0.15, 0.2) is 18.2 Å². The number of thiazole rings is 1. The third kappa shape index (κ3) is 1.18. The fraction of sp³-hybridized carbons (Fsp3) is 0.222. The lowest BCUT2D eigenvalue weighted by molar-refractivity contribution is 1.14. The number of nitrogens with zero attached hydrogens (tertiary/aromatic N) is 2. The van der Waals surface area contributed by atoms with Crippen molar-refractivity contribution in [2.24, 2.45) is 5.73 Å². The number of imidazole rings is 1. The van der Waals surface area contributed by atoms with Crippen molar-refractivity contribution < 1.29 is 0 Å². The number of hydrogen-bond donors (Lipinski definition) is 1. The maximum absolute atomic E-state index is 5.55. The molecule has 0 unspecified atom stereocenters. The molecule has 0 radical (unpaired) electrons.